The standard InChI is InChI=1S/C14H29N3O/c1-3-10-17(4-2)11-9-16-14(18)12-5-7-13(15)8-6-12/h12-13H,3-11,15H2,1-2H3,(H,16,18). The third kappa shape index (κ3) is 5.36. The van der Waals surface area contributed by atoms with E-state index < -0.39 is 0 Å². The van der Waals surface area contributed by atoms with Crippen LogP contribution in [0.4, 0.5) is 0 Å². The molecule has 18 heavy (non-hydrogen) atoms. The second-order valence-electron chi connectivity index (χ2n) is 5.34. The molecule has 0 aromatic carbocycles. The summed E-state index contributed by atoms with van der Waals surface area (Å²) in [6, 6.07) is 0.314. The van der Waals surface area contributed by atoms with E-state index in [4.69, 9.17) is 5.73 Å². The molecular weight excluding hydrogens is 226 g/mol. The number of hydrogen-bond donors (Lipinski definition) is 2. The van der Waals surface area contributed by atoms with Crippen LogP contribution in [0.5, 0.6) is 0 Å². The summed E-state index contributed by atoms with van der Waals surface area (Å²) in [4.78, 5) is 14.3. The maximum absolute atomic E-state index is 12.0. The van der Waals surface area contributed by atoms with Gasteiger partial charge >= 0.3 is 0 Å². The lowest BCUT2D eigenvalue weighted by atomic mass is 9.86. The zero-order valence-corrected chi connectivity index (χ0v) is 12.0. The van der Waals surface area contributed by atoms with Gasteiger partial charge in [0.15, 0.2) is 0 Å². The summed E-state index contributed by atoms with van der Waals surface area (Å²) in [5.74, 6) is 0.431. The summed E-state index contributed by atoms with van der Waals surface area (Å²) in [5, 5.41) is 3.07. The topological polar surface area (TPSA) is 58.4 Å². The highest BCUT2D eigenvalue weighted by Gasteiger charge is 2.24. The van der Waals surface area contributed by atoms with E-state index in [1.54, 1.807) is 0 Å². The van der Waals surface area contributed by atoms with Crippen LogP contribution >= 0.6 is 0 Å². The molecule has 0 aliphatic heterocycles. The summed E-state index contributed by atoms with van der Waals surface area (Å²) < 4.78 is 0. The van der Waals surface area contributed by atoms with Gasteiger partial charge in [-0.2, -0.15) is 0 Å². The first-order valence-corrected chi connectivity index (χ1v) is 7.43. The number of hydrogen-bond acceptors (Lipinski definition) is 3. The van der Waals surface area contributed by atoms with Crippen LogP contribution in [0.2, 0.25) is 0 Å². The maximum atomic E-state index is 12.0. The van der Waals surface area contributed by atoms with Crippen LogP contribution in [0.15, 0.2) is 0 Å². The quantitative estimate of drug-likeness (QED) is 0.722. The minimum atomic E-state index is 0.200. The Balaban J connectivity index is 2.16. The normalized spacial score (nSPS) is 24.2. The van der Waals surface area contributed by atoms with E-state index in [0.717, 1.165) is 51.9 Å². The van der Waals surface area contributed by atoms with E-state index >= 15 is 0 Å². The number of likely N-dealkylation sites (N-methyl/N-ethyl adjacent to an activating group) is 1. The van der Waals surface area contributed by atoms with E-state index in [9.17, 15) is 4.79 Å². The van der Waals surface area contributed by atoms with Crippen LogP contribution in [0.1, 0.15) is 46.0 Å². The fourth-order valence-corrected chi connectivity index (χ4v) is 2.61. The second kappa shape index (κ2) is 8.48. The van der Waals surface area contributed by atoms with Crippen LogP contribution in [-0.2, 0) is 4.79 Å². The molecule has 3 N–H and O–H groups in total. The molecule has 0 heterocycles. The maximum Gasteiger partial charge on any atom is 0.223 e. The Morgan fingerprint density at radius 2 is 1.89 bits per heavy atom. The fraction of sp³-hybridized carbons (Fsp3) is 0.929. The average molecular weight is 255 g/mol. The molecule has 0 aromatic heterocycles. The van der Waals surface area contributed by atoms with Gasteiger partial charge in [0.2, 0.25) is 5.91 Å². The van der Waals surface area contributed by atoms with Gasteiger partial charge in [-0.3, -0.25) is 4.79 Å². The van der Waals surface area contributed by atoms with Crippen molar-refractivity contribution in [3.8, 4) is 0 Å². The van der Waals surface area contributed by atoms with Crippen molar-refractivity contribution < 1.29 is 4.79 Å². The van der Waals surface area contributed by atoms with Crippen LogP contribution in [0.3, 0.4) is 0 Å². The molecular formula is C14H29N3O. The second-order valence-corrected chi connectivity index (χ2v) is 5.34. The molecule has 0 unspecified atom stereocenters. The minimum absolute atomic E-state index is 0.200. The monoisotopic (exact) mass is 255 g/mol. The summed E-state index contributed by atoms with van der Waals surface area (Å²) in [7, 11) is 0. The zero-order valence-electron chi connectivity index (χ0n) is 12.0. The Kier molecular flexibility index (Phi) is 7.28. The van der Waals surface area contributed by atoms with Gasteiger partial charge in [0.1, 0.15) is 0 Å². The van der Waals surface area contributed by atoms with Crippen LogP contribution in [0, 0.1) is 5.92 Å². The summed E-state index contributed by atoms with van der Waals surface area (Å²) >= 11 is 0. The highest BCUT2D eigenvalue weighted by Crippen LogP contribution is 2.22. The van der Waals surface area contributed by atoms with E-state index in [0.29, 0.717) is 6.04 Å². The van der Waals surface area contributed by atoms with Crippen molar-refractivity contribution in [2.75, 3.05) is 26.2 Å². The van der Waals surface area contributed by atoms with Crippen molar-refractivity contribution in [1.82, 2.24) is 10.2 Å². The Morgan fingerprint density at radius 1 is 1.22 bits per heavy atom. The third-order valence-electron chi connectivity index (χ3n) is 3.86. The average Bonchev–Trinajstić information content (AvgIpc) is 2.38. The number of nitrogens with two attached hydrogens (primary N) is 1. The largest absolute Gasteiger partial charge is 0.355 e. The molecule has 0 bridgehead atoms. The minimum Gasteiger partial charge on any atom is -0.355 e. The van der Waals surface area contributed by atoms with Crippen molar-refractivity contribution in [1.29, 1.82) is 0 Å². The van der Waals surface area contributed by atoms with Crippen molar-refractivity contribution in [2.45, 2.75) is 52.0 Å². The Bertz CT molecular complexity index is 237. The van der Waals surface area contributed by atoms with Crippen molar-refractivity contribution in [2.24, 2.45) is 11.7 Å². The molecule has 1 aliphatic rings. The van der Waals surface area contributed by atoms with Gasteiger partial charge < -0.3 is 16.0 Å². The molecule has 1 fully saturated rings. The lowest BCUT2D eigenvalue weighted by molar-refractivity contribution is -0.126. The Hall–Kier alpha value is -0.610. The lowest BCUT2D eigenvalue weighted by Gasteiger charge is -2.26. The van der Waals surface area contributed by atoms with Gasteiger partial charge in [-0.1, -0.05) is 13.8 Å². The van der Waals surface area contributed by atoms with Gasteiger partial charge in [0.25, 0.3) is 0 Å². The number of rotatable bonds is 7. The molecule has 0 radical (unpaired) electrons. The predicted octanol–water partition coefficient (Wildman–Crippen LogP) is 1.35. The molecule has 4 nitrogen and oxygen atoms in total. The van der Waals surface area contributed by atoms with Crippen LogP contribution in [0.25, 0.3) is 0 Å². The number of carbonyl (C=O) groups excluding carboxylic acids is 1. The molecule has 1 aliphatic carbocycles. The smallest absolute Gasteiger partial charge is 0.223 e. The van der Waals surface area contributed by atoms with Gasteiger partial charge in [-0.05, 0) is 45.2 Å². The number of amides is 1. The van der Waals surface area contributed by atoms with Gasteiger partial charge in [-0.25, -0.2) is 0 Å². The third-order valence-corrected chi connectivity index (χ3v) is 3.86. The molecule has 0 saturated heterocycles. The van der Waals surface area contributed by atoms with Gasteiger partial charge in [0, 0.05) is 25.0 Å². The van der Waals surface area contributed by atoms with E-state index in [1.165, 1.54) is 6.42 Å². The SMILES string of the molecule is CCCN(CC)CCNC(=O)C1CCC(N)CC1. The Labute approximate surface area is 111 Å². The molecule has 1 saturated carbocycles. The first kappa shape index (κ1) is 15.4. The number of nitrogens with one attached hydrogen (secondary N) is 1. The fourth-order valence-electron chi connectivity index (χ4n) is 2.61. The molecule has 106 valence electrons. The number of carbonyl (C=O) groups is 1. The molecule has 0 spiro atoms. The van der Waals surface area contributed by atoms with E-state index in [-0.39, 0.29) is 11.8 Å². The lowest BCUT2D eigenvalue weighted by Crippen LogP contribution is -2.40. The summed E-state index contributed by atoms with van der Waals surface area (Å²) in [6.07, 6.45) is 5.07. The van der Waals surface area contributed by atoms with Crippen molar-refractivity contribution >= 4 is 5.91 Å². The molecule has 1 amide bonds. The molecule has 1 rings (SSSR count). The molecule has 0 aromatic rings. The van der Waals surface area contributed by atoms with Crippen LogP contribution in [-0.4, -0.2) is 43.0 Å². The first-order chi connectivity index (χ1) is 8.67. The van der Waals surface area contributed by atoms with Crippen LogP contribution < -0.4 is 11.1 Å². The highest BCUT2D eigenvalue weighted by atomic mass is 16.1. The Morgan fingerprint density at radius 3 is 2.44 bits per heavy atom. The van der Waals surface area contributed by atoms with Crippen molar-refractivity contribution in [3.63, 3.8) is 0 Å². The van der Waals surface area contributed by atoms with Gasteiger partial charge in [-0.15, -0.1) is 0 Å². The predicted molar refractivity (Wildman–Crippen MR) is 75.3 cm³/mol. The summed E-state index contributed by atoms with van der Waals surface area (Å²) in [6.45, 7) is 8.26. The van der Waals surface area contributed by atoms with Gasteiger partial charge in [0.05, 0.1) is 0 Å². The van der Waals surface area contributed by atoms with E-state index in [2.05, 4.69) is 24.1 Å². The molecule has 4 heteroatoms. The molecule has 0 atom stereocenters. The highest BCUT2D eigenvalue weighted by molar-refractivity contribution is 5.78. The summed E-state index contributed by atoms with van der Waals surface area (Å²) in [5.41, 5.74) is 5.85. The van der Waals surface area contributed by atoms with E-state index in [1.807, 2.05) is 0 Å². The number of nitrogens with zero attached hydrogens (tertiary/aromatic N) is 1. The first-order valence-electron chi connectivity index (χ1n) is 7.43. The van der Waals surface area contributed by atoms with Crippen molar-refractivity contribution in [3.05, 3.63) is 0 Å². The zero-order chi connectivity index (χ0) is 13.4.